The maximum atomic E-state index is 3.89. The van der Waals surface area contributed by atoms with E-state index in [0.29, 0.717) is 0 Å². The third-order valence-corrected chi connectivity index (χ3v) is 1.43. The van der Waals surface area contributed by atoms with Gasteiger partial charge in [0.1, 0.15) is 5.82 Å². The summed E-state index contributed by atoms with van der Waals surface area (Å²) in [6, 6.07) is 3.77. The van der Waals surface area contributed by atoms with Crippen LogP contribution in [0.3, 0.4) is 0 Å². The highest BCUT2D eigenvalue weighted by Gasteiger charge is 1.88. The second kappa shape index (κ2) is 5.29. The van der Waals surface area contributed by atoms with Gasteiger partial charge in [-0.05, 0) is 25.5 Å². The second-order valence-corrected chi connectivity index (χ2v) is 2.39. The number of aromatic nitrogens is 2. The van der Waals surface area contributed by atoms with Crippen LogP contribution >= 0.6 is 0 Å². The average Bonchev–Trinajstić information content (AvgIpc) is 2.14. The third kappa shape index (κ3) is 3.14. The minimum Gasteiger partial charge on any atom is -0.368 e. The van der Waals surface area contributed by atoms with Crippen LogP contribution in [0.2, 0.25) is 0 Å². The minimum atomic E-state index is 0.835. The zero-order valence-electron chi connectivity index (χ0n) is 7.20. The van der Waals surface area contributed by atoms with E-state index in [-0.39, 0.29) is 0 Å². The van der Waals surface area contributed by atoms with Gasteiger partial charge in [0, 0.05) is 12.7 Å². The van der Waals surface area contributed by atoms with Crippen LogP contribution in [0, 0.1) is 0 Å². The van der Waals surface area contributed by atoms with Crippen LogP contribution in [0.5, 0.6) is 0 Å². The van der Waals surface area contributed by atoms with E-state index in [1.54, 1.807) is 6.20 Å². The van der Waals surface area contributed by atoms with Gasteiger partial charge >= 0.3 is 0 Å². The number of anilines is 1. The van der Waals surface area contributed by atoms with E-state index in [1.165, 1.54) is 0 Å². The maximum Gasteiger partial charge on any atom is 0.148 e. The number of hydrogen-bond donors (Lipinski definition) is 1. The fraction of sp³-hybridized carbons (Fsp3) is 0.333. The predicted molar refractivity (Wildman–Crippen MR) is 50.0 cm³/mol. The molecular weight excluding hydrogens is 150 g/mol. The summed E-state index contributed by atoms with van der Waals surface area (Å²) in [5.41, 5.74) is 0. The predicted octanol–water partition coefficient (Wildman–Crippen LogP) is 1.85. The van der Waals surface area contributed by atoms with E-state index in [9.17, 15) is 0 Å². The lowest BCUT2D eigenvalue weighted by molar-refractivity contribution is 0.984. The molecule has 0 unspecified atom stereocenters. The summed E-state index contributed by atoms with van der Waals surface area (Å²) in [5.74, 6) is 0.835. The van der Waals surface area contributed by atoms with Crippen LogP contribution in [-0.2, 0) is 0 Å². The molecule has 0 fully saturated rings. The highest BCUT2D eigenvalue weighted by Crippen LogP contribution is 1.97. The highest BCUT2D eigenvalue weighted by atomic mass is 15.2. The minimum absolute atomic E-state index is 0.835. The van der Waals surface area contributed by atoms with Gasteiger partial charge in [-0.3, -0.25) is 0 Å². The summed E-state index contributed by atoms with van der Waals surface area (Å²) in [5, 5.41) is 10.8. The first-order valence-corrected chi connectivity index (χ1v) is 4.06. The van der Waals surface area contributed by atoms with Gasteiger partial charge < -0.3 is 5.32 Å². The lowest BCUT2D eigenvalue weighted by Gasteiger charge is -2.00. The molecule has 1 N–H and O–H groups in total. The fourth-order valence-electron chi connectivity index (χ4n) is 0.846. The molecule has 0 aliphatic heterocycles. The molecule has 0 aliphatic carbocycles. The van der Waals surface area contributed by atoms with Crippen molar-refractivity contribution in [3.63, 3.8) is 0 Å². The summed E-state index contributed by atoms with van der Waals surface area (Å²) in [6.45, 7) is 2.92. The van der Waals surface area contributed by atoms with Crippen molar-refractivity contribution in [2.75, 3.05) is 11.9 Å². The number of hydrogen-bond acceptors (Lipinski definition) is 3. The van der Waals surface area contributed by atoms with E-state index in [0.717, 1.165) is 18.8 Å². The van der Waals surface area contributed by atoms with Gasteiger partial charge in [-0.15, -0.1) is 5.10 Å². The molecule has 0 radical (unpaired) electrons. The Morgan fingerprint density at radius 2 is 2.50 bits per heavy atom. The molecule has 1 rings (SSSR count). The summed E-state index contributed by atoms with van der Waals surface area (Å²) >= 11 is 0. The van der Waals surface area contributed by atoms with Crippen molar-refractivity contribution >= 4 is 5.82 Å². The Bertz CT molecular complexity index is 231. The molecule has 1 aromatic heterocycles. The van der Waals surface area contributed by atoms with E-state index < -0.39 is 0 Å². The van der Waals surface area contributed by atoms with Crippen LogP contribution in [0.1, 0.15) is 13.3 Å². The normalized spacial score (nSPS) is 10.4. The standard InChI is InChI=1S/C9H13N3/c1-2-3-4-7-10-9-6-5-8-11-12-9/h2-3,5-6,8H,4,7H2,1H3,(H,10,12)/b3-2+. The van der Waals surface area contributed by atoms with Crippen molar-refractivity contribution in [3.05, 3.63) is 30.5 Å². The van der Waals surface area contributed by atoms with Crippen LogP contribution in [0.4, 0.5) is 5.82 Å². The molecule has 0 saturated heterocycles. The first-order chi connectivity index (χ1) is 5.93. The molecule has 1 heterocycles. The van der Waals surface area contributed by atoms with Gasteiger partial charge in [0.05, 0.1) is 0 Å². The molecule has 1 aromatic rings. The fourth-order valence-corrected chi connectivity index (χ4v) is 0.846. The Kier molecular flexibility index (Phi) is 3.84. The van der Waals surface area contributed by atoms with Crippen molar-refractivity contribution in [3.8, 4) is 0 Å². The first-order valence-electron chi connectivity index (χ1n) is 4.06. The lowest BCUT2D eigenvalue weighted by atomic mass is 10.4. The van der Waals surface area contributed by atoms with Gasteiger partial charge in [-0.25, -0.2) is 0 Å². The van der Waals surface area contributed by atoms with Crippen molar-refractivity contribution in [1.29, 1.82) is 0 Å². The SMILES string of the molecule is C/C=C/CCNc1cccnn1. The Balaban J connectivity index is 2.24. The number of rotatable bonds is 4. The molecule has 0 saturated carbocycles. The van der Waals surface area contributed by atoms with Crippen molar-refractivity contribution in [2.45, 2.75) is 13.3 Å². The van der Waals surface area contributed by atoms with Crippen molar-refractivity contribution < 1.29 is 0 Å². The Morgan fingerprint density at radius 1 is 1.58 bits per heavy atom. The van der Waals surface area contributed by atoms with Gasteiger partial charge in [0.2, 0.25) is 0 Å². The Labute approximate surface area is 72.5 Å². The average molecular weight is 163 g/mol. The van der Waals surface area contributed by atoms with Crippen LogP contribution in [0.15, 0.2) is 30.5 Å². The van der Waals surface area contributed by atoms with Crippen LogP contribution in [-0.4, -0.2) is 16.7 Å². The summed E-state index contributed by atoms with van der Waals surface area (Å²) in [7, 11) is 0. The lowest BCUT2D eigenvalue weighted by Crippen LogP contribution is -2.02. The number of allylic oxidation sites excluding steroid dienone is 1. The molecule has 3 nitrogen and oxygen atoms in total. The van der Waals surface area contributed by atoms with Crippen molar-refractivity contribution in [2.24, 2.45) is 0 Å². The molecule has 0 spiro atoms. The topological polar surface area (TPSA) is 37.8 Å². The van der Waals surface area contributed by atoms with Crippen LogP contribution in [0.25, 0.3) is 0 Å². The maximum absolute atomic E-state index is 3.89. The highest BCUT2D eigenvalue weighted by molar-refractivity contribution is 5.31. The molecule has 0 bridgehead atoms. The number of nitrogens with one attached hydrogen (secondary N) is 1. The molecule has 0 atom stereocenters. The third-order valence-electron chi connectivity index (χ3n) is 1.43. The van der Waals surface area contributed by atoms with Gasteiger partial charge in [0.25, 0.3) is 0 Å². The van der Waals surface area contributed by atoms with E-state index in [1.807, 2.05) is 25.1 Å². The van der Waals surface area contributed by atoms with Gasteiger partial charge in [-0.1, -0.05) is 12.2 Å². The number of nitrogens with zero attached hydrogens (tertiary/aromatic N) is 2. The molecule has 3 heteroatoms. The molecule has 0 aliphatic rings. The van der Waals surface area contributed by atoms with Crippen molar-refractivity contribution in [1.82, 2.24) is 10.2 Å². The van der Waals surface area contributed by atoms with Gasteiger partial charge in [-0.2, -0.15) is 5.10 Å². The molecule has 0 aromatic carbocycles. The van der Waals surface area contributed by atoms with Crippen LogP contribution < -0.4 is 5.32 Å². The van der Waals surface area contributed by atoms with E-state index in [4.69, 9.17) is 0 Å². The second-order valence-electron chi connectivity index (χ2n) is 2.39. The molecule has 0 amide bonds. The molecule has 12 heavy (non-hydrogen) atoms. The zero-order chi connectivity index (χ0) is 8.65. The zero-order valence-corrected chi connectivity index (χ0v) is 7.20. The molecule has 64 valence electrons. The largest absolute Gasteiger partial charge is 0.368 e. The quantitative estimate of drug-likeness (QED) is 0.543. The first kappa shape index (κ1) is 8.71. The monoisotopic (exact) mass is 163 g/mol. The summed E-state index contributed by atoms with van der Waals surface area (Å²) < 4.78 is 0. The summed E-state index contributed by atoms with van der Waals surface area (Å²) in [4.78, 5) is 0. The Hall–Kier alpha value is -1.38. The smallest absolute Gasteiger partial charge is 0.148 e. The van der Waals surface area contributed by atoms with Gasteiger partial charge in [0.15, 0.2) is 0 Å². The van der Waals surface area contributed by atoms with E-state index >= 15 is 0 Å². The Morgan fingerprint density at radius 3 is 3.17 bits per heavy atom. The summed E-state index contributed by atoms with van der Waals surface area (Å²) in [6.07, 6.45) is 6.84. The van der Waals surface area contributed by atoms with E-state index in [2.05, 4.69) is 21.6 Å². The molecular formula is C9H13N3.